The van der Waals surface area contributed by atoms with Crippen molar-refractivity contribution in [1.82, 2.24) is 9.97 Å². The Kier molecular flexibility index (Phi) is 2.93. The molecule has 3 N–H and O–H groups in total. The monoisotopic (exact) mass is 375 g/mol. The van der Waals surface area contributed by atoms with Crippen LogP contribution in [-0.4, -0.2) is 9.97 Å². The summed E-state index contributed by atoms with van der Waals surface area (Å²) >= 11 is 3.51. The molecule has 1 aliphatic rings. The molecule has 4 aromatic rings. The molecule has 5 rings (SSSR count). The Balaban J connectivity index is 1.79. The molecular formula is C20H14BrN3. The summed E-state index contributed by atoms with van der Waals surface area (Å²) in [5.41, 5.74) is 14.3. The molecule has 0 fully saturated rings. The van der Waals surface area contributed by atoms with Crippen LogP contribution in [0, 0.1) is 0 Å². The van der Waals surface area contributed by atoms with Crippen LogP contribution in [0.5, 0.6) is 0 Å². The Labute approximate surface area is 147 Å². The summed E-state index contributed by atoms with van der Waals surface area (Å²) < 4.78 is 1.04. The van der Waals surface area contributed by atoms with Crippen molar-refractivity contribution < 1.29 is 0 Å². The molecule has 1 aliphatic carbocycles. The van der Waals surface area contributed by atoms with E-state index in [-0.39, 0.29) is 6.04 Å². The largest absolute Gasteiger partial charge is 0.338 e. The van der Waals surface area contributed by atoms with E-state index in [0.717, 1.165) is 32.5 Å². The van der Waals surface area contributed by atoms with E-state index < -0.39 is 0 Å². The highest BCUT2D eigenvalue weighted by molar-refractivity contribution is 9.10. The Morgan fingerprint density at radius 1 is 0.917 bits per heavy atom. The zero-order chi connectivity index (χ0) is 16.3. The summed E-state index contributed by atoms with van der Waals surface area (Å²) in [6.07, 6.45) is 0. The number of rotatable bonds is 1. The number of H-pyrrole nitrogens is 1. The van der Waals surface area contributed by atoms with Crippen molar-refractivity contribution in [3.05, 3.63) is 76.3 Å². The minimum atomic E-state index is -0.0744. The maximum atomic E-state index is 6.46. The second-order valence-corrected chi connectivity index (χ2v) is 7.00. The molecule has 1 heterocycles. The molecule has 1 unspecified atom stereocenters. The summed E-state index contributed by atoms with van der Waals surface area (Å²) in [7, 11) is 0. The first-order valence-electron chi connectivity index (χ1n) is 7.86. The van der Waals surface area contributed by atoms with Crippen LogP contribution in [0.2, 0.25) is 0 Å². The van der Waals surface area contributed by atoms with E-state index in [0.29, 0.717) is 0 Å². The number of benzene rings is 3. The Morgan fingerprint density at radius 3 is 2.62 bits per heavy atom. The number of nitrogens with zero attached hydrogens (tertiary/aromatic N) is 1. The summed E-state index contributed by atoms with van der Waals surface area (Å²) in [6.45, 7) is 0. The van der Waals surface area contributed by atoms with Gasteiger partial charge in [-0.2, -0.15) is 0 Å². The summed E-state index contributed by atoms with van der Waals surface area (Å²) in [5, 5.41) is 0. The smallest absolute Gasteiger partial charge is 0.139 e. The number of aromatic nitrogens is 2. The summed E-state index contributed by atoms with van der Waals surface area (Å²) in [5.74, 6) is 0.879. The lowest BCUT2D eigenvalue weighted by atomic mass is 9.99. The standard InChI is InChI=1S/C20H14BrN3/c21-11-8-9-16-17(10-11)24-20(23-16)15-7-3-6-14-18(15)12-4-1-2-5-13(12)19(14)22/h1-10,19H,22H2,(H,23,24). The quantitative estimate of drug-likeness (QED) is 0.490. The van der Waals surface area contributed by atoms with Crippen molar-refractivity contribution in [2.75, 3.05) is 0 Å². The molecular weight excluding hydrogens is 362 g/mol. The second kappa shape index (κ2) is 5.03. The molecule has 24 heavy (non-hydrogen) atoms. The van der Waals surface area contributed by atoms with E-state index in [4.69, 9.17) is 10.7 Å². The molecule has 0 saturated heterocycles. The molecule has 0 bridgehead atoms. The van der Waals surface area contributed by atoms with Crippen LogP contribution >= 0.6 is 15.9 Å². The van der Waals surface area contributed by atoms with Gasteiger partial charge in [0.05, 0.1) is 17.1 Å². The van der Waals surface area contributed by atoms with E-state index in [9.17, 15) is 0 Å². The summed E-state index contributed by atoms with van der Waals surface area (Å²) in [4.78, 5) is 8.23. The fourth-order valence-electron chi connectivity index (χ4n) is 3.60. The van der Waals surface area contributed by atoms with Gasteiger partial charge in [0.1, 0.15) is 5.82 Å². The van der Waals surface area contributed by atoms with Crippen LogP contribution in [0.4, 0.5) is 0 Å². The summed E-state index contributed by atoms with van der Waals surface area (Å²) in [6, 6.07) is 20.6. The minimum Gasteiger partial charge on any atom is -0.338 e. The first kappa shape index (κ1) is 14.0. The molecule has 3 aromatic carbocycles. The number of hydrogen-bond donors (Lipinski definition) is 2. The lowest BCUT2D eigenvalue weighted by Gasteiger charge is -2.08. The average Bonchev–Trinajstić information content (AvgIpc) is 3.15. The van der Waals surface area contributed by atoms with E-state index in [1.54, 1.807) is 0 Å². The molecule has 116 valence electrons. The van der Waals surface area contributed by atoms with Gasteiger partial charge in [0.15, 0.2) is 0 Å². The Bertz CT molecular complexity index is 1100. The zero-order valence-corrected chi connectivity index (χ0v) is 14.3. The molecule has 0 spiro atoms. The van der Waals surface area contributed by atoms with Crippen molar-refractivity contribution in [3.8, 4) is 22.5 Å². The second-order valence-electron chi connectivity index (χ2n) is 6.08. The van der Waals surface area contributed by atoms with Crippen LogP contribution in [-0.2, 0) is 0 Å². The predicted octanol–water partition coefficient (Wildman–Crippen LogP) is 5.02. The Morgan fingerprint density at radius 2 is 1.71 bits per heavy atom. The zero-order valence-electron chi connectivity index (χ0n) is 12.8. The average molecular weight is 376 g/mol. The third-order valence-corrected chi connectivity index (χ3v) is 5.19. The lowest BCUT2D eigenvalue weighted by molar-refractivity contribution is 0.901. The van der Waals surface area contributed by atoms with Gasteiger partial charge < -0.3 is 10.7 Å². The maximum Gasteiger partial charge on any atom is 0.139 e. The van der Waals surface area contributed by atoms with Gasteiger partial charge in [0.25, 0.3) is 0 Å². The third kappa shape index (κ3) is 1.90. The number of nitrogens with one attached hydrogen (secondary N) is 1. The normalized spacial score (nSPS) is 15.5. The SMILES string of the molecule is NC1c2ccccc2-c2c(-c3nc4ccc(Br)cc4[nH]3)cccc21. The van der Waals surface area contributed by atoms with Crippen LogP contribution < -0.4 is 5.73 Å². The van der Waals surface area contributed by atoms with Crippen LogP contribution in [0.1, 0.15) is 17.2 Å². The van der Waals surface area contributed by atoms with Gasteiger partial charge in [0.2, 0.25) is 0 Å². The van der Waals surface area contributed by atoms with E-state index in [2.05, 4.69) is 63.4 Å². The van der Waals surface area contributed by atoms with Crippen molar-refractivity contribution in [2.24, 2.45) is 5.73 Å². The number of nitrogens with two attached hydrogens (primary N) is 1. The highest BCUT2D eigenvalue weighted by Crippen LogP contribution is 2.46. The first-order valence-corrected chi connectivity index (χ1v) is 8.65. The van der Waals surface area contributed by atoms with Gasteiger partial charge in [0, 0.05) is 10.0 Å². The van der Waals surface area contributed by atoms with Gasteiger partial charge in [-0.1, -0.05) is 58.4 Å². The number of hydrogen-bond acceptors (Lipinski definition) is 2. The van der Waals surface area contributed by atoms with Crippen molar-refractivity contribution in [3.63, 3.8) is 0 Å². The molecule has 4 heteroatoms. The fourth-order valence-corrected chi connectivity index (χ4v) is 3.96. The van der Waals surface area contributed by atoms with Gasteiger partial charge in [-0.15, -0.1) is 0 Å². The molecule has 0 radical (unpaired) electrons. The van der Waals surface area contributed by atoms with Crippen LogP contribution in [0.15, 0.2) is 65.1 Å². The van der Waals surface area contributed by atoms with Crippen molar-refractivity contribution in [2.45, 2.75) is 6.04 Å². The van der Waals surface area contributed by atoms with Gasteiger partial charge in [-0.3, -0.25) is 0 Å². The van der Waals surface area contributed by atoms with Gasteiger partial charge in [-0.25, -0.2) is 4.98 Å². The fraction of sp³-hybridized carbons (Fsp3) is 0.0500. The Hall–Kier alpha value is -2.43. The molecule has 1 atom stereocenters. The van der Waals surface area contributed by atoms with Crippen LogP contribution in [0.3, 0.4) is 0 Å². The predicted molar refractivity (Wildman–Crippen MR) is 101 cm³/mol. The number of fused-ring (bicyclic) bond motifs is 4. The molecule has 0 saturated carbocycles. The van der Waals surface area contributed by atoms with Crippen molar-refractivity contribution >= 4 is 27.0 Å². The number of aromatic amines is 1. The number of imidazole rings is 1. The van der Waals surface area contributed by atoms with Crippen molar-refractivity contribution in [1.29, 1.82) is 0 Å². The highest BCUT2D eigenvalue weighted by Gasteiger charge is 2.28. The van der Waals surface area contributed by atoms with E-state index >= 15 is 0 Å². The van der Waals surface area contributed by atoms with E-state index in [1.807, 2.05) is 18.2 Å². The molecule has 3 nitrogen and oxygen atoms in total. The highest BCUT2D eigenvalue weighted by atomic mass is 79.9. The lowest BCUT2D eigenvalue weighted by Crippen LogP contribution is -2.07. The minimum absolute atomic E-state index is 0.0744. The molecule has 0 amide bonds. The van der Waals surface area contributed by atoms with Crippen LogP contribution in [0.25, 0.3) is 33.5 Å². The van der Waals surface area contributed by atoms with E-state index in [1.165, 1.54) is 16.7 Å². The third-order valence-electron chi connectivity index (χ3n) is 4.70. The first-order chi connectivity index (χ1) is 11.7. The molecule has 0 aliphatic heterocycles. The van der Waals surface area contributed by atoms with Gasteiger partial charge in [-0.05, 0) is 40.5 Å². The number of halogens is 1. The maximum absolute atomic E-state index is 6.46. The van der Waals surface area contributed by atoms with Gasteiger partial charge >= 0.3 is 0 Å². The molecule has 1 aromatic heterocycles. The topological polar surface area (TPSA) is 54.7 Å².